The standard InChI is InChI=1S/C13H25NOSi/c14-16-15-13(11-7-3-1-4-8-11)12-9-5-2-6-10-12/h11-13H,1-10,14H2. The van der Waals surface area contributed by atoms with Gasteiger partial charge in [-0.05, 0) is 37.5 Å². The van der Waals surface area contributed by atoms with E-state index in [1.165, 1.54) is 64.2 Å². The van der Waals surface area contributed by atoms with Crippen molar-refractivity contribution < 1.29 is 4.43 Å². The molecule has 0 saturated heterocycles. The third-order valence-corrected chi connectivity index (χ3v) is 4.84. The summed E-state index contributed by atoms with van der Waals surface area (Å²) in [4.78, 5) is 0. The molecule has 0 aromatic carbocycles. The van der Waals surface area contributed by atoms with Crippen LogP contribution in [0.4, 0.5) is 0 Å². The molecule has 2 N–H and O–H groups in total. The zero-order valence-electron chi connectivity index (χ0n) is 10.3. The largest absolute Gasteiger partial charge is 0.399 e. The van der Waals surface area contributed by atoms with E-state index in [-0.39, 0.29) is 9.92 Å². The summed E-state index contributed by atoms with van der Waals surface area (Å²) in [7, 11) is 0.187. The van der Waals surface area contributed by atoms with Gasteiger partial charge in [0, 0.05) is 0 Å². The lowest BCUT2D eigenvalue weighted by Crippen LogP contribution is -2.37. The van der Waals surface area contributed by atoms with Gasteiger partial charge in [-0.3, -0.25) is 0 Å². The highest BCUT2D eigenvalue weighted by molar-refractivity contribution is 6.22. The second-order valence-corrected chi connectivity index (χ2v) is 5.97. The molecule has 0 bridgehead atoms. The smallest absolute Gasteiger partial charge is 0.334 e. The van der Waals surface area contributed by atoms with Gasteiger partial charge in [0.1, 0.15) is 0 Å². The number of hydrogen-bond donors (Lipinski definition) is 1. The molecule has 2 rings (SSSR count). The van der Waals surface area contributed by atoms with Crippen molar-refractivity contribution in [3.05, 3.63) is 0 Å². The predicted octanol–water partition coefficient (Wildman–Crippen LogP) is 3.03. The molecule has 2 saturated carbocycles. The molecule has 16 heavy (non-hydrogen) atoms. The van der Waals surface area contributed by atoms with Crippen LogP contribution >= 0.6 is 0 Å². The Bertz CT molecular complexity index is 170. The van der Waals surface area contributed by atoms with Crippen LogP contribution in [0.25, 0.3) is 0 Å². The van der Waals surface area contributed by atoms with E-state index in [1.54, 1.807) is 0 Å². The highest BCUT2D eigenvalue weighted by Crippen LogP contribution is 2.36. The van der Waals surface area contributed by atoms with Crippen molar-refractivity contribution in [2.24, 2.45) is 17.2 Å². The van der Waals surface area contributed by atoms with E-state index in [9.17, 15) is 0 Å². The monoisotopic (exact) mass is 239 g/mol. The Labute approximate surface area is 102 Å². The van der Waals surface area contributed by atoms with Crippen LogP contribution in [0.2, 0.25) is 0 Å². The van der Waals surface area contributed by atoms with Crippen LogP contribution < -0.4 is 5.40 Å². The summed E-state index contributed by atoms with van der Waals surface area (Å²) >= 11 is 0. The Morgan fingerprint density at radius 3 is 1.62 bits per heavy atom. The molecule has 0 aliphatic heterocycles. The quantitative estimate of drug-likeness (QED) is 0.765. The minimum atomic E-state index is 0.187. The minimum Gasteiger partial charge on any atom is -0.399 e. The van der Waals surface area contributed by atoms with Gasteiger partial charge in [0.2, 0.25) is 0 Å². The average molecular weight is 239 g/mol. The summed E-state index contributed by atoms with van der Waals surface area (Å²) in [5.74, 6) is 1.63. The normalized spacial score (nSPS) is 25.1. The fourth-order valence-electron chi connectivity index (χ4n) is 3.58. The summed E-state index contributed by atoms with van der Waals surface area (Å²) in [5.41, 5.74) is 0. The van der Waals surface area contributed by atoms with Crippen LogP contribution in [0.1, 0.15) is 64.2 Å². The van der Waals surface area contributed by atoms with Crippen molar-refractivity contribution in [3.8, 4) is 0 Å². The van der Waals surface area contributed by atoms with Crippen molar-refractivity contribution in [2.45, 2.75) is 70.3 Å². The molecule has 0 aromatic heterocycles. The molecule has 0 unspecified atom stereocenters. The van der Waals surface area contributed by atoms with Gasteiger partial charge >= 0.3 is 9.92 Å². The molecule has 2 aliphatic rings. The lowest BCUT2D eigenvalue weighted by Gasteiger charge is -2.37. The molecule has 0 heterocycles. The molecular formula is C13H25NOSi. The van der Waals surface area contributed by atoms with Gasteiger partial charge in [0.25, 0.3) is 0 Å². The van der Waals surface area contributed by atoms with Crippen LogP contribution in [0.5, 0.6) is 0 Å². The van der Waals surface area contributed by atoms with Gasteiger partial charge in [-0.2, -0.15) is 0 Å². The Kier molecular flexibility index (Phi) is 5.33. The fraction of sp³-hybridized carbons (Fsp3) is 1.00. The highest BCUT2D eigenvalue weighted by Gasteiger charge is 2.31. The molecule has 2 nitrogen and oxygen atoms in total. The van der Waals surface area contributed by atoms with Crippen LogP contribution in [0.3, 0.4) is 0 Å². The lowest BCUT2D eigenvalue weighted by atomic mass is 9.75. The van der Waals surface area contributed by atoms with Gasteiger partial charge < -0.3 is 9.83 Å². The maximum atomic E-state index is 5.93. The first-order valence-electron chi connectivity index (χ1n) is 7.03. The summed E-state index contributed by atoms with van der Waals surface area (Å²) in [6.07, 6.45) is 14.5. The maximum Gasteiger partial charge on any atom is 0.334 e. The Balaban J connectivity index is 1.91. The van der Waals surface area contributed by atoms with Gasteiger partial charge in [-0.1, -0.05) is 38.5 Å². The van der Waals surface area contributed by atoms with Crippen LogP contribution in [-0.4, -0.2) is 16.0 Å². The lowest BCUT2D eigenvalue weighted by molar-refractivity contribution is 0.0416. The average Bonchev–Trinajstić information content (AvgIpc) is 2.38. The fourth-order valence-corrected chi connectivity index (χ4v) is 4.12. The second kappa shape index (κ2) is 6.77. The van der Waals surface area contributed by atoms with Crippen molar-refractivity contribution >= 4 is 9.92 Å². The van der Waals surface area contributed by atoms with E-state index in [0.29, 0.717) is 6.10 Å². The molecule has 0 spiro atoms. The first-order chi connectivity index (χ1) is 7.92. The van der Waals surface area contributed by atoms with Crippen molar-refractivity contribution in [2.75, 3.05) is 0 Å². The topological polar surface area (TPSA) is 35.2 Å². The second-order valence-electron chi connectivity index (χ2n) is 5.50. The van der Waals surface area contributed by atoms with Gasteiger partial charge in [-0.25, -0.2) is 0 Å². The Morgan fingerprint density at radius 2 is 1.25 bits per heavy atom. The van der Waals surface area contributed by atoms with E-state index >= 15 is 0 Å². The van der Waals surface area contributed by atoms with Crippen molar-refractivity contribution in [1.82, 2.24) is 0 Å². The molecule has 2 radical (unpaired) electrons. The first-order valence-corrected chi connectivity index (χ1v) is 8.01. The van der Waals surface area contributed by atoms with E-state index in [4.69, 9.17) is 9.83 Å². The summed E-state index contributed by atoms with van der Waals surface area (Å²) in [6, 6.07) is 0. The van der Waals surface area contributed by atoms with Crippen LogP contribution in [0.15, 0.2) is 0 Å². The molecule has 2 aliphatic carbocycles. The predicted molar refractivity (Wildman–Crippen MR) is 68.0 cm³/mol. The van der Waals surface area contributed by atoms with Crippen LogP contribution in [0, 0.1) is 11.8 Å². The Morgan fingerprint density at radius 1 is 0.812 bits per heavy atom. The van der Waals surface area contributed by atoms with Gasteiger partial charge in [-0.15, -0.1) is 0 Å². The third-order valence-electron chi connectivity index (χ3n) is 4.43. The summed E-state index contributed by atoms with van der Waals surface area (Å²) in [5, 5.41) is 5.65. The van der Waals surface area contributed by atoms with Crippen molar-refractivity contribution in [3.63, 3.8) is 0 Å². The SMILES string of the molecule is N[Si]OC(C1CCCCC1)C1CCCCC1. The maximum absolute atomic E-state index is 5.93. The molecule has 0 amide bonds. The van der Waals surface area contributed by atoms with Gasteiger partial charge in [0.15, 0.2) is 0 Å². The third kappa shape index (κ3) is 3.31. The summed E-state index contributed by atoms with van der Waals surface area (Å²) < 4.78 is 5.93. The minimum absolute atomic E-state index is 0.187. The van der Waals surface area contributed by atoms with Crippen LogP contribution in [-0.2, 0) is 4.43 Å². The van der Waals surface area contributed by atoms with E-state index in [0.717, 1.165) is 11.8 Å². The summed E-state index contributed by atoms with van der Waals surface area (Å²) in [6.45, 7) is 0. The first kappa shape index (κ1) is 12.6. The molecule has 0 atom stereocenters. The molecule has 0 aromatic rings. The van der Waals surface area contributed by atoms with E-state index in [2.05, 4.69) is 0 Å². The zero-order chi connectivity index (χ0) is 11.2. The number of nitrogens with two attached hydrogens (primary N) is 1. The highest BCUT2D eigenvalue weighted by atomic mass is 28.2. The molecule has 2 fully saturated rings. The van der Waals surface area contributed by atoms with Crippen molar-refractivity contribution in [1.29, 1.82) is 0 Å². The number of hydrogen-bond acceptors (Lipinski definition) is 2. The molecular weight excluding hydrogens is 214 g/mol. The van der Waals surface area contributed by atoms with Gasteiger partial charge in [0.05, 0.1) is 6.10 Å². The van der Waals surface area contributed by atoms with E-state index < -0.39 is 0 Å². The number of rotatable bonds is 4. The Hall–Kier alpha value is 0.137. The van der Waals surface area contributed by atoms with E-state index in [1.807, 2.05) is 0 Å². The molecule has 3 heteroatoms. The molecule has 92 valence electrons. The zero-order valence-corrected chi connectivity index (χ0v) is 11.3.